The minimum absolute atomic E-state index is 0.0116. The van der Waals surface area contributed by atoms with Crippen molar-refractivity contribution in [3.05, 3.63) is 178 Å². The van der Waals surface area contributed by atoms with Gasteiger partial charge in [-0.25, -0.2) is 16.8 Å². The van der Waals surface area contributed by atoms with Gasteiger partial charge in [-0.1, -0.05) is 12.1 Å². The van der Waals surface area contributed by atoms with E-state index < -0.39 is 52.5 Å². The second kappa shape index (κ2) is 23.9. The summed E-state index contributed by atoms with van der Waals surface area (Å²) in [4.78, 5) is 68.3. The molecule has 0 unspecified atom stereocenters. The summed E-state index contributed by atoms with van der Waals surface area (Å²) in [5.41, 5.74) is 7.41. The Morgan fingerprint density at radius 2 is 0.919 bits per heavy atom. The number of carbonyl (C=O) groups is 3. The molecule has 6 aromatic rings. The number of carbonyl (C=O) groups excluding carboxylic acids is 3. The number of benzene rings is 4. The normalized spacial score (nSPS) is 14.7. The zero-order valence-corrected chi connectivity index (χ0v) is 42.3. The molecular weight excluding hydrogens is 1040 g/mol. The first-order chi connectivity index (χ1) is 35.3. The molecule has 0 aliphatic carbocycles. The number of hydrogen-bond donors (Lipinski definition) is 5. The van der Waals surface area contributed by atoms with E-state index in [1.165, 1.54) is 81.4 Å². The highest BCUT2D eigenvalue weighted by molar-refractivity contribution is 7.91. The second-order valence-electron chi connectivity index (χ2n) is 16.8. The molecule has 3 amide bonds. The number of thiophene rings is 2. The average Bonchev–Trinajstić information content (AvgIpc) is 4.10. The van der Waals surface area contributed by atoms with Crippen LogP contribution >= 0.6 is 22.7 Å². The summed E-state index contributed by atoms with van der Waals surface area (Å²) in [5.74, 6) is -1.35. The molecule has 2 saturated heterocycles. The van der Waals surface area contributed by atoms with Crippen LogP contribution in [0.1, 0.15) is 66.5 Å². The largest absolute Gasteiger partial charge is 0.382 e. The predicted molar refractivity (Wildman–Crippen MR) is 276 cm³/mol. The van der Waals surface area contributed by atoms with Crippen molar-refractivity contribution in [1.82, 2.24) is 19.2 Å². The van der Waals surface area contributed by atoms with Crippen LogP contribution in [0.3, 0.4) is 0 Å². The van der Waals surface area contributed by atoms with Crippen LogP contribution in [0.5, 0.6) is 0 Å². The third kappa shape index (κ3) is 13.9. The fourth-order valence-corrected chi connectivity index (χ4v) is 13.7. The number of rotatable bonds is 18. The molecule has 2 aliphatic heterocycles. The maximum atomic E-state index is 13.2. The number of anilines is 2. The zero-order chi connectivity index (χ0) is 53.2. The van der Waals surface area contributed by atoms with E-state index in [0.29, 0.717) is 72.9 Å². The van der Waals surface area contributed by atoms with E-state index in [9.17, 15) is 61.6 Å². The Kier molecular flexibility index (Phi) is 17.5. The quantitative estimate of drug-likeness (QED) is 0.0441. The number of sulfonamides is 2. The van der Waals surface area contributed by atoms with Crippen LogP contribution in [0.15, 0.2) is 130 Å². The van der Waals surface area contributed by atoms with Gasteiger partial charge < -0.3 is 27.0 Å². The molecule has 0 bridgehead atoms. The van der Waals surface area contributed by atoms with Gasteiger partial charge in [0, 0.05) is 112 Å². The van der Waals surface area contributed by atoms with Crippen molar-refractivity contribution in [3.63, 3.8) is 0 Å². The van der Waals surface area contributed by atoms with E-state index in [-0.39, 0.29) is 61.8 Å². The maximum absolute atomic E-state index is 13.2. The molecule has 0 atom stereocenters. The Morgan fingerprint density at radius 1 is 0.527 bits per heavy atom. The molecule has 74 heavy (non-hydrogen) atoms. The molecule has 0 spiro atoms. The molecule has 27 heteroatoms. The molecule has 4 heterocycles. The molecule has 6 N–H and O–H groups in total. The van der Waals surface area contributed by atoms with E-state index in [4.69, 9.17) is 5.73 Å². The SMILES string of the molecule is NC(=O)c1cccc(NC2CCN(S(=O)(=O)c3ccc(CNC(=O)c4ccc([N+](=O)[O-])cc4)s3)CC2)c1.O=C(NCc1ccc(S(=O)(=O)N2CCC(Nc3cccc([N+](=O)[O-])c3)CC2)s1)c1ccc([N+](=O)[O-])cc1. The molecule has 0 radical (unpaired) electrons. The highest BCUT2D eigenvalue weighted by atomic mass is 32.3. The molecule has 388 valence electrons. The first kappa shape index (κ1) is 54.1. The summed E-state index contributed by atoms with van der Waals surface area (Å²) in [6.45, 7) is 1.55. The van der Waals surface area contributed by atoms with Crippen LogP contribution in [-0.4, -0.2) is 96.2 Å². The van der Waals surface area contributed by atoms with Gasteiger partial charge in [0.05, 0.1) is 27.9 Å². The minimum Gasteiger partial charge on any atom is -0.382 e. The topological polar surface area (TPSA) is 330 Å². The number of primary amides is 1. The number of hydrogen-bond acceptors (Lipinski definition) is 17. The van der Waals surface area contributed by atoms with Crippen LogP contribution in [0.4, 0.5) is 28.4 Å². The molecular formula is C47H48N10O13S4. The van der Waals surface area contributed by atoms with Gasteiger partial charge in [0.1, 0.15) is 8.42 Å². The summed E-state index contributed by atoms with van der Waals surface area (Å²) in [7, 11) is -7.37. The van der Waals surface area contributed by atoms with Crippen molar-refractivity contribution in [1.29, 1.82) is 0 Å². The number of non-ortho nitro benzene ring substituents is 3. The van der Waals surface area contributed by atoms with Crippen molar-refractivity contribution in [2.75, 3.05) is 36.8 Å². The fourth-order valence-electron chi connectivity index (χ4n) is 7.87. The van der Waals surface area contributed by atoms with Gasteiger partial charge in [-0.05, 0) is 98.5 Å². The Morgan fingerprint density at radius 3 is 1.31 bits per heavy atom. The van der Waals surface area contributed by atoms with Crippen molar-refractivity contribution >= 4 is 88.9 Å². The number of piperidine rings is 2. The number of nitro benzene ring substituents is 3. The van der Waals surface area contributed by atoms with Crippen LogP contribution in [-0.2, 0) is 33.1 Å². The standard InChI is InChI=1S/C24H25N5O6S2.C23H23N5O7S2/c25-23(30)17-2-1-3-19(14-17)27-18-10-12-28(13-11-18)37(34,35)22-9-8-21(36-22)15-26-24(31)16-4-6-20(7-5-16)29(32)33;29-23(16-4-6-19(7-5-16)27(30)31)24-15-21-8-9-22(36-21)37(34,35)26-12-10-17(11-13-26)25-18-2-1-3-20(14-18)28(32)33/h1-9,14,18,27H,10-13,15H2,(H2,25,30)(H,26,31);1-9,14,17,25H,10-13,15H2,(H,24,29). The van der Waals surface area contributed by atoms with Crippen LogP contribution in [0.25, 0.3) is 0 Å². The van der Waals surface area contributed by atoms with E-state index in [1.807, 2.05) is 6.07 Å². The van der Waals surface area contributed by atoms with Crippen molar-refractivity contribution in [3.8, 4) is 0 Å². The maximum Gasteiger partial charge on any atom is 0.271 e. The van der Waals surface area contributed by atoms with Gasteiger partial charge in [-0.3, -0.25) is 44.7 Å². The molecule has 23 nitrogen and oxygen atoms in total. The van der Waals surface area contributed by atoms with Gasteiger partial charge in [0.25, 0.3) is 48.9 Å². The molecule has 2 fully saturated rings. The number of nitro groups is 3. The van der Waals surface area contributed by atoms with Crippen molar-refractivity contribution in [2.45, 2.75) is 59.3 Å². The monoisotopic (exact) mass is 1090 g/mol. The molecule has 2 aromatic heterocycles. The smallest absolute Gasteiger partial charge is 0.271 e. The third-order valence-electron chi connectivity index (χ3n) is 11.8. The summed E-state index contributed by atoms with van der Waals surface area (Å²) in [6.07, 6.45) is 2.30. The Labute approximate surface area is 431 Å². The first-order valence-electron chi connectivity index (χ1n) is 22.7. The van der Waals surface area contributed by atoms with E-state index in [1.54, 1.807) is 42.5 Å². The summed E-state index contributed by atoms with van der Waals surface area (Å²) in [5, 5.41) is 44.4. The van der Waals surface area contributed by atoms with E-state index in [2.05, 4.69) is 21.3 Å². The summed E-state index contributed by atoms with van der Waals surface area (Å²) in [6, 6.07) is 29.9. The summed E-state index contributed by atoms with van der Waals surface area (Å²) >= 11 is 2.16. The zero-order valence-electron chi connectivity index (χ0n) is 39.0. The van der Waals surface area contributed by atoms with Gasteiger partial charge >= 0.3 is 0 Å². The lowest BCUT2D eigenvalue weighted by Crippen LogP contribution is -2.42. The number of nitrogens with two attached hydrogens (primary N) is 1. The Bertz CT molecular complexity index is 3050. The van der Waals surface area contributed by atoms with E-state index >= 15 is 0 Å². The van der Waals surface area contributed by atoms with Gasteiger partial charge in [-0.15, -0.1) is 22.7 Å². The van der Waals surface area contributed by atoms with E-state index in [0.717, 1.165) is 28.4 Å². The molecule has 2 aliphatic rings. The van der Waals surface area contributed by atoms with Gasteiger partial charge in [-0.2, -0.15) is 8.61 Å². The molecule has 8 rings (SSSR count). The number of amides is 3. The van der Waals surface area contributed by atoms with Crippen LogP contribution < -0.4 is 27.0 Å². The molecule has 4 aromatic carbocycles. The van der Waals surface area contributed by atoms with Gasteiger partial charge in [0.15, 0.2) is 0 Å². The van der Waals surface area contributed by atoms with Gasteiger partial charge in [0.2, 0.25) is 5.91 Å². The highest BCUT2D eigenvalue weighted by Gasteiger charge is 2.32. The lowest BCUT2D eigenvalue weighted by Gasteiger charge is -2.31. The first-order valence-corrected chi connectivity index (χ1v) is 27.2. The predicted octanol–water partition coefficient (Wildman–Crippen LogP) is 6.71. The van der Waals surface area contributed by atoms with Crippen molar-refractivity contribution < 1.29 is 46.0 Å². The lowest BCUT2D eigenvalue weighted by atomic mass is 10.1. The fraction of sp³-hybridized carbons (Fsp3) is 0.255. The Hall–Kier alpha value is -7.69. The number of nitrogens with one attached hydrogen (secondary N) is 4. The Balaban J connectivity index is 0.000000216. The average molecular weight is 1090 g/mol. The van der Waals surface area contributed by atoms with Crippen LogP contribution in [0, 0.1) is 30.3 Å². The van der Waals surface area contributed by atoms with Crippen LogP contribution in [0.2, 0.25) is 0 Å². The second-order valence-corrected chi connectivity index (χ2v) is 23.5. The number of nitrogens with zero attached hydrogens (tertiary/aromatic N) is 5. The minimum atomic E-state index is -3.70. The lowest BCUT2D eigenvalue weighted by molar-refractivity contribution is -0.385. The summed E-state index contributed by atoms with van der Waals surface area (Å²) < 4.78 is 55.8. The molecule has 0 saturated carbocycles. The van der Waals surface area contributed by atoms with Crippen molar-refractivity contribution in [2.24, 2.45) is 5.73 Å². The third-order valence-corrected chi connectivity index (χ3v) is 18.7. The highest BCUT2D eigenvalue weighted by Crippen LogP contribution is 2.30.